The van der Waals surface area contributed by atoms with E-state index in [2.05, 4.69) is 35.6 Å². The number of anilines is 2. The maximum atomic E-state index is 14.7. The van der Waals surface area contributed by atoms with Gasteiger partial charge in [0.05, 0.1) is 28.4 Å². The molecule has 2 N–H and O–H groups in total. The van der Waals surface area contributed by atoms with Crippen LogP contribution in [0.15, 0.2) is 61.2 Å². The zero-order chi connectivity index (χ0) is 30.7. The molecule has 1 fully saturated rings. The number of pyridine rings is 2. The van der Waals surface area contributed by atoms with Crippen LogP contribution in [0.3, 0.4) is 0 Å². The number of nitrogens with one attached hydrogen (secondary N) is 2. The van der Waals surface area contributed by atoms with Crippen molar-refractivity contribution in [1.29, 1.82) is 0 Å². The number of amides is 1. The average Bonchev–Trinajstić information content (AvgIpc) is 3.78. The van der Waals surface area contributed by atoms with Crippen molar-refractivity contribution in [1.82, 2.24) is 44.8 Å². The lowest BCUT2D eigenvalue weighted by molar-refractivity contribution is -0.131. The maximum Gasteiger partial charge on any atom is 0.245 e. The summed E-state index contributed by atoms with van der Waals surface area (Å²) >= 11 is 0. The van der Waals surface area contributed by atoms with Gasteiger partial charge in [0.2, 0.25) is 5.91 Å². The SMILES string of the molecule is CN1CCCc2n[nH]c3nccc(c23)-c2cccc(n2)N[C@H]2C[C@@H](C1=O)N(c1ncnc3c1cnn3-c1ccc(F)cc1F)C2. The van der Waals surface area contributed by atoms with Crippen molar-refractivity contribution in [3.05, 3.63) is 78.5 Å². The fourth-order valence-corrected chi connectivity index (χ4v) is 6.43. The van der Waals surface area contributed by atoms with Crippen LogP contribution in [-0.2, 0) is 11.2 Å². The van der Waals surface area contributed by atoms with Gasteiger partial charge in [0, 0.05) is 44.0 Å². The Bertz CT molecular complexity index is 2090. The Morgan fingerprint density at radius 3 is 2.87 bits per heavy atom. The molecule has 0 radical (unpaired) electrons. The van der Waals surface area contributed by atoms with E-state index in [0.717, 1.165) is 28.4 Å². The quantitative estimate of drug-likeness (QED) is 0.301. The molecule has 14 heteroatoms. The summed E-state index contributed by atoms with van der Waals surface area (Å²) in [5.41, 5.74) is 3.72. The maximum absolute atomic E-state index is 14.7. The average molecular weight is 608 g/mol. The van der Waals surface area contributed by atoms with Gasteiger partial charge in [-0.05, 0) is 49.6 Å². The number of aryl methyl sites for hydroxylation is 1. The topological polar surface area (TPSA) is 134 Å². The summed E-state index contributed by atoms with van der Waals surface area (Å²) in [4.78, 5) is 36.1. The van der Waals surface area contributed by atoms with Crippen LogP contribution in [0, 0.1) is 11.6 Å². The molecule has 6 aromatic rings. The smallest absolute Gasteiger partial charge is 0.245 e. The molecular weight excluding hydrogens is 580 g/mol. The van der Waals surface area contributed by atoms with Crippen molar-refractivity contribution < 1.29 is 13.6 Å². The van der Waals surface area contributed by atoms with Gasteiger partial charge in [-0.3, -0.25) is 9.89 Å². The molecule has 5 aromatic heterocycles. The normalized spacial score (nSPS) is 18.7. The number of likely N-dealkylation sites (N-methyl/N-ethyl adjacent to an activating group) is 1. The lowest BCUT2D eigenvalue weighted by Crippen LogP contribution is -2.45. The molecule has 45 heavy (non-hydrogen) atoms. The molecule has 1 aromatic carbocycles. The van der Waals surface area contributed by atoms with Crippen LogP contribution in [0.4, 0.5) is 20.4 Å². The standard InChI is InChI=1S/C31H27F2N11O/c1-42-11-3-5-23-27-19(9-10-34-28(27)41-40-23)22-4-2-6-26(39-22)38-18-13-25(31(42)45)43(15-18)29-20-14-37-44(30(20)36-16-35-29)24-8-7-17(32)12-21(24)33/h2,4,6-10,12,14,16,18,25H,3,5,11,13,15H2,1H3,(H,38,39)(H,34,40,41)/t18-,25-/m0/s1. The van der Waals surface area contributed by atoms with Gasteiger partial charge in [0.25, 0.3) is 0 Å². The zero-order valence-electron chi connectivity index (χ0n) is 24.2. The van der Waals surface area contributed by atoms with Gasteiger partial charge in [-0.25, -0.2) is 33.4 Å². The van der Waals surface area contributed by atoms with Crippen molar-refractivity contribution in [3.63, 3.8) is 0 Å². The summed E-state index contributed by atoms with van der Waals surface area (Å²) in [5, 5.41) is 17.0. The lowest BCUT2D eigenvalue weighted by atomic mass is 10.0. The van der Waals surface area contributed by atoms with Gasteiger partial charge in [-0.1, -0.05) is 6.07 Å². The molecule has 12 nitrogen and oxygen atoms in total. The summed E-state index contributed by atoms with van der Waals surface area (Å²) in [6.07, 6.45) is 6.52. The summed E-state index contributed by atoms with van der Waals surface area (Å²) in [7, 11) is 1.81. The van der Waals surface area contributed by atoms with E-state index < -0.39 is 17.7 Å². The molecule has 2 aliphatic rings. The molecule has 1 amide bonds. The lowest BCUT2D eigenvalue weighted by Gasteiger charge is -2.28. The fraction of sp³-hybridized carbons (Fsp3) is 0.258. The molecule has 2 atom stereocenters. The van der Waals surface area contributed by atoms with Gasteiger partial charge in [-0.2, -0.15) is 10.2 Å². The number of aromatic amines is 1. The molecule has 2 aliphatic heterocycles. The molecule has 8 rings (SSSR count). The minimum Gasteiger partial charge on any atom is -0.365 e. The number of halogens is 2. The monoisotopic (exact) mass is 607 g/mol. The van der Waals surface area contributed by atoms with E-state index in [1.807, 2.05) is 36.2 Å². The first-order valence-corrected chi connectivity index (χ1v) is 14.7. The van der Waals surface area contributed by atoms with E-state index in [0.29, 0.717) is 60.7 Å². The Kier molecular flexibility index (Phi) is 6.36. The van der Waals surface area contributed by atoms with Crippen LogP contribution < -0.4 is 10.2 Å². The zero-order valence-corrected chi connectivity index (χ0v) is 24.2. The van der Waals surface area contributed by atoms with Crippen LogP contribution in [0.2, 0.25) is 0 Å². The third-order valence-corrected chi connectivity index (χ3v) is 8.54. The molecule has 1 saturated heterocycles. The highest BCUT2D eigenvalue weighted by Crippen LogP contribution is 2.34. The highest BCUT2D eigenvalue weighted by molar-refractivity contribution is 5.94. The number of hydrogen-bond acceptors (Lipinski definition) is 9. The molecule has 226 valence electrons. The largest absolute Gasteiger partial charge is 0.365 e. The molecule has 0 aliphatic carbocycles. The minimum atomic E-state index is -0.766. The molecule has 0 saturated carbocycles. The van der Waals surface area contributed by atoms with Gasteiger partial charge in [-0.15, -0.1) is 0 Å². The van der Waals surface area contributed by atoms with E-state index in [-0.39, 0.29) is 17.6 Å². The third kappa shape index (κ3) is 4.60. The Hall–Kier alpha value is -5.53. The number of hydrogen-bond donors (Lipinski definition) is 2. The van der Waals surface area contributed by atoms with Crippen LogP contribution in [-0.4, -0.2) is 82.9 Å². The van der Waals surface area contributed by atoms with E-state index in [4.69, 9.17) is 4.98 Å². The molecule has 4 bridgehead atoms. The second-order valence-corrected chi connectivity index (χ2v) is 11.4. The van der Waals surface area contributed by atoms with Crippen LogP contribution in [0.1, 0.15) is 18.5 Å². The molecule has 0 unspecified atom stereocenters. The Morgan fingerprint density at radius 1 is 1.07 bits per heavy atom. The van der Waals surface area contributed by atoms with Crippen LogP contribution >= 0.6 is 0 Å². The second-order valence-electron chi connectivity index (χ2n) is 11.4. The van der Waals surface area contributed by atoms with Gasteiger partial charge in [0.1, 0.15) is 35.5 Å². The summed E-state index contributed by atoms with van der Waals surface area (Å²) in [6, 6.07) is 10.4. The second kappa shape index (κ2) is 10.6. The summed E-state index contributed by atoms with van der Waals surface area (Å²) in [5.74, 6) is -0.315. The predicted octanol–water partition coefficient (Wildman–Crippen LogP) is 3.89. The van der Waals surface area contributed by atoms with E-state index in [1.165, 1.54) is 23.1 Å². The number of carbonyl (C=O) groups is 1. The predicted molar refractivity (Wildman–Crippen MR) is 163 cm³/mol. The van der Waals surface area contributed by atoms with Crippen molar-refractivity contribution in [3.8, 4) is 16.9 Å². The van der Waals surface area contributed by atoms with E-state index >= 15 is 0 Å². The Morgan fingerprint density at radius 2 is 1.98 bits per heavy atom. The Labute approximate surface area is 255 Å². The number of benzene rings is 1. The minimum absolute atomic E-state index is 0.0474. The van der Waals surface area contributed by atoms with Crippen molar-refractivity contribution in [2.45, 2.75) is 31.3 Å². The van der Waals surface area contributed by atoms with Crippen LogP contribution in [0.25, 0.3) is 39.0 Å². The number of rotatable bonds is 2. The highest BCUT2D eigenvalue weighted by Gasteiger charge is 2.40. The highest BCUT2D eigenvalue weighted by atomic mass is 19.1. The molecule has 0 spiro atoms. The number of carbonyl (C=O) groups excluding carboxylic acids is 1. The van der Waals surface area contributed by atoms with Gasteiger partial charge >= 0.3 is 0 Å². The number of H-pyrrole nitrogens is 1. The first-order chi connectivity index (χ1) is 21.9. The Balaban J connectivity index is 1.19. The summed E-state index contributed by atoms with van der Waals surface area (Å²) < 4.78 is 29.7. The van der Waals surface area contributed by atoms with E-state index in [9.17, 15) is 13.6 Å². The summed E-state index contributed by atoms with van der Waals surface area (Å²) in [6.45, 7) is 0.974. The number of aromatic nitrogens is 8. The van der Waals surface area contributed by atoms with Crippen molar-refractivity contribution in [2.24, 2.45) is 0 Å². The first kappa shape index (κ1) is 27.0. The van der Waals surface area contributed by atoms with E-state index in [1.54, 1.807) is 17.3 Å². The van der Waals surface area contributed by atoms with Gasteiger partial charge < -0.3 is 15.1 Å². The number of fused-ring (bicyclic) bond motifs is 6. The van der Waals surface area contributed by atoms with Crippen molar-refractivity contribution >= 4 is 39.6 Å². The molecular formula is C31H27F2N11O. The van der Waals surface area contributed by atoms with Crippen LogP contribution in [0.5, 0.6) is 0 Å². The van der Waals surface area contributed by atoms with Gasteiger partial charge in [0.15, 0.2) is 17.1 Å². The number of nitrogens with zero attached hydrogens (tertiary/aromatic N) is 9. The fourth-order valence-electron chi connectivity index (χ4n) is 6.43. The molecule has 7 heterocycles. The third-order valence-electron chi connectivity index (χ3n) is 8.54. The first-order valence-electron chi connectivity index (χ1n) is 14.7. The van der Waals surface area contributed by atoms with Crippen molar-refractivity contribution in [2.75, 3.05) is 30.4 Å².